The van der Waals surface area contributed by atoms with Crippen molar-refractivity contribution >= 4 is 11.8 Å². The van der Waals surface area contributed by atoms with Crippen LogP contribution in [0.5, 0.6) is 0 Å². The summed E-state index contributed by atoms with van der Waals surface area (Å²) in [5, 5.41) is 4.40. The van der Waals surface area contributed by atoms with Crippen LogP contribution in [0.25, 0.3) is 0 Å². The smallest absolute Gasteiger partial charge is 0.0195 e. The number of rotatable bonds is 2. The summed E-state index contributed by atoms with van der Waals surface area (Å²) in [6.07, 6.45) is 2.75. The molecule has 1 N–H and O–H groups in total. The molecular weight excluding hydrogens is 192 g/mol. The second kappa shape index (κ2) is 4.86. The van der Waals surface area contributed by atoms with E-state index in [-0.39, 0.29) is 0 Å². The van der Waals surface area contributed by atoms with Gasteiger partial charge in [-0.25, -0.2) is 0 Å². The van der Waals surface area contributed by atoms with Crippen LogP contribution >= 0.6 is 11.8 Å². The maximum Gasteiger partial charge on any atom is 0.0195 e. The Balaban J connectivity index is 1.83. The van der Waals surface area contributed by atoms with E-state index in [0.717, 1.165) is 17.3 Å². The Hall–Kier alpha value is 0.270. The Kier molecular flexibility index (Phi) is 3.74. The summed E-state index contributed by atoms with van der Waals surface area (Å²) in [5.74, 6) is 1.32. The molecule has 0 aromatic carbocycles. The zero-order valence-electron chi connectivity index (χ0n) is 9.33. The van der Waals surface area contributed by atoms with Gasteiger partial charge in [0.05, 0.1) is 0 Å². The van der Waals surface area contributed by atoms with Crippen LogP contribution in [0.2, 0.25) is 0 Å². The third-order valence-electron chi connectivity index (χ3n) is 3.63. The molecule has 3 heteroatoms. The maximum atomic E-state index is 3.59. The largest absolute Gasteiger partial charge is 0.313 e. The first-order chi connectivity index (χ1) is 6.77. The summed E-state index contributed by atoms with van der Waals surface area (Å²) in [7, 11) is 0. The van der Waals surface area contributed by atoms with E-state index in [1.165, 1.54) is 38.2 Å². The molecule has 2 aliphatic heterocycles. The molecular formula is C11H22N2S. The van der Waals surface area contributed by atoms with Crippen LogP contribution in [0.15, 0.2) is 0 Å². The standard InChI is InChI=1S/C11H22N2S/c1-9-10(2)14-7-6-13(9)8-11-4-3-5-12-11/h9-12H,3-8H2,1-2H3. The Morgan fingerprint density at radius 1 is 1.43 bits per heavy atom. The van der Waals surface area contributed by atoms with E-state index in [4.69, 9.17) is 0 Å². The van der Waals surface area contributed by atoms with Crippen LogP contribution in [0.4, 0.5) is 0 Å². The summed E-state index contributed by atoms with van der Waals surface area (Å²) >= 11 is 2.13. The zero-order chi connectivity index (χ0) is 9.97. The van der Waals surface area contributed by atoms with Gasteiger partial charge in [-0.3, -0.25) is 4.90 Å². The fraction of sp³-hybridized carbons (Fsp3) is 1.00. The zero-order valence-corrected chi connectivity index (χ0v) is 10.1. The fourth-order valence-electron chi connectivity index (χ4n) is 2.45. The van der Waals surface area contributed by atoms with Gasteiger partial charge in [0.1, 0.15) is 0 Å². The highest BCUT2D eigenvalue weighted by molar-refractivity contribution is 8.00. The van der Waals surface area contributed by atoms with Gasteiger partial charge in [0.15, 0.2) is 0 Å². The number of nitrogens with zero attached hydrogens (tertiary/aromatic N) is 1. The average molecular weight is 214 g/mol. The molecule has 2 nitrogen and oxygen atoms in total. The first kappa shape index (κ1) is 10.8. The Labute approximate surface area is 91.8 Å². The van der Waals surface area contributed by atoms with Crippen LogP contribution in [0, 0.1) is 0 Å². The molecule has 2 heterocycles. The van der Waals surface area contributed by atoms with E-state index < -0.39 is 0 Å². The number of thioether (sulfide) groups is 1. The molecule has 2 aliphatic rings. The van der Waals surface area contributed by atoms with Crippen molar-refractivity contribution in [3.63, 3.8) is 0 Å². The first-order valence-corrected chi connectivity index (χ1v) is 6.91. The molecule has 0 radical (unpaired) electrons. The van der Waals surface area contributed by atoms with Crippen LogP contribution in [-0.2, 0) is 0 Å². The Morgan fingerprint density at radius 3 is 3.00 bits per heavy atom. The topological polar surface area (TPSA) is 15.3 Å². The number of hydrogen-bond donors (Lipinski definition) is 1. The highest BCUT2D eigenvalue weighted by Gasteiger charge is 2.27. The minimum atomic E-state index is 0.760. The first-order valence-electron chi connectivity index (χ1n) is 5.86. The lowest BCUT2D eigenvalue weighted by Crippen LogP contribution is -2.49. The van der Waals surface area contributed by atoms with Crippen molar-refractivity contribution in [1.29, 1.82) is 0 Å². The SMILES string of the molecule is CC1SCCN(CC2CCCN2)C1C. The van der Waals surface area contributed by atoms with Gasteiger partial charge >= 0.3 is 0 Å². The van der Waals surface area contributed by atoms with Gasteiger partial charge in [-0.15, -0.1) is 0 Å². The Morgan fingerprint density at radius 2 is 2.29 bits per heavy atom. The Bertz CT molecular complexity index is 180. The molecule has 3 unspecified atom stereocenters. The molecule has 0 aromatic heterocycles. The van der Waals surface area contributed by atoms with Gasteiger partial charge in [-0.05, 0) is 26.3 Å². The monoisotopic (exact) mass is 214 g/mol. The minimum Gasteiger partial charge on any atom is -0.313 e. The van der Waals surface area contributed by atoms with E-state index in [2.05, 4.69) is 35.8 Å². The summed E-state index contributed by atoms with van der Waals surface area (Å²) in [5.41, 5.74) is 0. The summed E-state index contributed by atoms with van der Waals surface area (Å²) < 4.78 is 0. The lowest BCUT2D eigenvalue weighted by Gasteiger charge is -2.38. The van der Waals surface area contributed by atoms with Crippen LogP contribution in [0.3, 0.4) is 0 Å². The average Bonchev–Trinajstić information content (AvgIpc) is 2.66. The van der Waals surface area contributed by atoms with Crippen LogP contribution in [0.1, 0.15) is 26.7 Å². The van der Waals surface area contributed by atoms with E-state index in [1.54, 1.807) is 0 Å². The van der Waals surface area contributed by atoms with Gasteiger partial charge < -0.3 is 5.32 Å². The van der Waals surface area contributed by atoms with Crippen molar-refractivity contribution in [2.24, 2.45) is 0 Å². The molecule has 0 spiro atoms. The van der Waals surface area contributed by atoms with Gasteiger partial charge in [0.2, 0.25) is 0 Å². The van der Waals surface area contributed by atoms with Crippen molar-refractivity contribution < 1.29 is 0 Å². The normalized spacial score (nSPS) is 40.3. The molecule has 2 saturated heterocycles. The maximum absolute atomic E-state index is 3.59. The highest BCUT2D eigenvalue weighted by Crippen LogP contribution is 2.24. The summed E-state index contributed by atoms with van der Waals surface area (Å²) in [4.78, 5) is 2.67. The van der Waals surface area contributed by atoms with Crippen molar-refractivity contribution in [2.45, 2.75) is 44.0 Å². The summed E-state index contributed by atoms with van der Waals surface area (Å²) in [6, 6.07) is 1.53. The molecule has 3 atom stereocenters. The molecule has 0 aliphatic carbocycles. The molecule has 2 fully saturated rings. The number of nitrogens with one attached hydrogen (secondary N) is 1. The number of hydrogen-bond acceptors (Lipinski definition) is 3. The van der Waals surface area contributed by atoms with Crippen molar-refractivity contribution in [2.75, 3.05) is 25.4 Å². The third kappa shape index (κ3) is 2.44. The lowest BCUT2D eigenvalue weighted by atomic mass is 10.1. The summed E-state index contributed by atoms with van der Waals surface area (Å²) in [6.45, 7) is 8.53. The van der Waals surface area contributed by atoms with Crippen molar-refractivity contribution in [3.8, 4) is 0 Å². The predicted molar refractivity (Wildman–Crippen MR) is 64.0 cm³/mol. The molecule has 14 heavy (non-hydrogen) atoms. The predicted octanol–water partition coefficient (Wildman–Crippen LogP) is 1.56. The molecule has 82 valence electrons. The van der Waals surface area contributed by atoms with E-state index in [9.17, 15) is 0 Å². The van der Waals surface area contributed by atoms with Crippen molar-refractivity contribution in [1.82, 2.24) is 10.2 Å². The second-order valence-electron chi connectivity index (χ2n) is 4.60. The molecule has 2 rings (SSSR count). The van der Waals surface area contributed by atoms with Crippen molar-refractivity contribution in [3.05, 3.63) is 0 Å². The van der Waals surface area contributed by atoms with E-state index >= 15 is 0 Å². The van der Waals surface area contributed by atoms with Gasteiger partial charge in [-0.1, -0.05) is 6.92 Å². The molecule has 0 aromatic rings. The van der Waals surface area contributed by atoms with Gasteiger partial charge in [0.25, 0.3) is 0 Å². The second-order valence-corrected chi connectivity index (χ2v) is 6.09. The third-order valence-corrected chi connectivity index (χ3v) is 4.97. The van der Waals surface area contributed by atoms with Gasteiger partial charge in [0, 0.05) is 36.2 Å². The molecule has 0 amide bonds. The lowest BCUT2D eigenvalue weighted by molar-refractivity contribution is 0.195. The molecule has 0 bridgehead atoms. The minimum absolute atomic E-state index is 0.760. The quantitative estimate of drug-likeness (QED) is 0.751. The van der Waals surface area contributed by atoms with Gasteiger partial charge in [-0.2, -0.15) is 11.8 Å². The molecule has 0 saturated carbocycles. The van der Waals surface area contributed by atoms with Crippen LogP contribution < -0.4 is 5.32 Å². The van der Waals surface area contributed by atoms with E-state index in [1.807, 2.05) is 0 Å². The van der Waals surface area contributed by atoms with E-state index in [0.29, 0.717) is 0 Å². The fourth-order valence-corrected chi connectivity index (χ4v) is 3.61. The van der Waals surface area contributed by atoms with Crippen LogP contribution in [-0.4, -0.2) is 47.6 Å². The highest BCUT2D eigenvalue weighted by atomic mass is 32.2.